The number of hydrogen-bond acceptors (Lipinski definition) is 8. The van der Waals surface area contributed by atoms with Gasteiger partial charge in [0.15, 0.2) is 5.76 Å². The Morgan fingerprint density at radius 3 is 2.65 bits per heavy atom. The van der Waals surface area contributed by atoms with Crippen molar-refractivity contribution in [3.8, 4) is 23.1 Å². The molecule has 43 heavy (non-hydrogen) atoms. The molecule has 0 N–H and O–H groups in total. The van der Waals surface area contributed by atoms with Gasteiger partial charge in [0.25, 0.3) is 5.56 Å². The van der Waals surface area contributed by atoms with Gasteiger partial charge in [-0.25, -0.2) is 4.98 Å². The Morgan fingerprint density at radius 2 is 1.86 bits per heavy atom. The SMILES string of the molecule is COc1cccc2oc(-c3nc4ccccc4c(=O)n3N=Cc3cc(Br)c(OCc4cccc(C)c4)c([N+](=O)[O-])c3)cc12. The average Bonchev–Trinajstić information content (AvgIpc) is 3.44. The third kappa shape index (κ3) is 5.50. The van der Waals surface area contributed by atoms with Gasteiger partial charge in [-0.1, -0.05) is 48.0 Å². The smallest absolute Gasteiger partial charge is 0.312 e. The Kier molecular flexibility index (Phi) is 7.47. The fourth-order valence-corrected chi connectivity index (χ4v) is 5.33. The van der Waals surface area contributed by atoms with Crippen LogP contribution in [0, 0.1) is 17.0 Å². The summed E-state index contributed by atoms with van der Waals surface area (Å²) in [6, 6.07) is 24.7. The first kappa shape index (κ1) is 27.9. The van der Waals surface area contributed by atoms with Crippen LogP contribution in [0.1, 0.15) is 16.7 Å². The van der Waals surface area contributed by atoms with Gasteiger partial charge in [-0.3, -0.25) is 14.9 Å². The summed E-state index contributed by atoms with van der Waals surface area (Å²) in [5.41, 5.74) is 2.63. The Hall–Kier alpha value is -5.29. The number of nitro groups is 1. The molecule has 10 nitrogen and oxygen atoms in total. The highest BCUT2D eigenvalue weighted by molar-refractivity contribution is 9.10. The molecular weight excluding hydrogens is 616 g/mol. The lowest BCUT2D eigenvalue weighted by Gasteiger charge is -2.10. The highest BCUT2D eigenvalue weighted by Gasteiger charge is 2.21. The van der Waals surface area contributed by atoms with E-state index in [9.17, 15) is 14.9 Å². The van der Waals surface area contributed by atoms with Crippen molar-refractivity contribution >= 4 is 49.7 Å². The third-order valence-electron chi connectivity index (χ3n) is 6.75. The molecule has 2 heterocycles. The van der Waals surface area contributed by atoms with Gasteiger partial charge in [-0.05, 0) is 64.8 Å². The normalized spacial score (nSPS) is 11.4. The molecule has 0 aliphatic carbocycles. The summed E-state index contributed by atoms with van der Waals surface area (Å²) in [7, 11) is 1.56. The zero-order valence-electron chi connectivity index (χ0n) is 23.0. The lowest BCUT2D eigenvalue weighted by atomic mass is 10.1. The molecular formula is C32H23BrN4O6. The predicted octanol–water partition coefficient (Wildman–Crippen LogP) is 7.26. The van der Waals surface area contributed by atoms with E-state index in [4.69, 9.17) is 13.9 Å². The van der Waals surface area contributed by atoms with Gasteiger partial charge in [0.2, 0.25) is 11.6 Å². The lowest BCUT2D eigenvalue weighted by Crippen LogP contribution is -2.20. The van der Waals surface area contributed by atoms with Crippen LogP contribution in [0.5, 0.6) is 11.5 Å². The summed E-state index contributed by atoms with van der Waals surface area (Å²) in [4.78, 5) is 29.8. The predicted molar refractivity (Wildman–Crippen MR) is 167 cm³/mol. The molecule has 11 heteroatoms. The van der Waals surface area contributed by atoms with E-state index in [0.29, 0.717) is 43.4 Å². The first-order valence-corrected chi connectivity index (χ1v) is 13.9. The number of aromatic nitrogens is 2. The number of para-hydroxylation sites is 1. The van der Waals surface area contributed by atoms with E-state index in [1.807, 2.05) is 31.2 Å². The van der Waals surface area contributed by atoms with Crippen molar-refractivity contribution in [2.75, 3.05) is 7.11 Å². The first-order chi connectivity index (χ1) is 20.8. The zero-order chi connectivity index (χ0) is 30.1. The molecule has 0 spiro atoms. The van der Waals surface area contributed by atoms with E-state index < -0.39 is 10.5 Å². The van der Waals surface area contributed by atoms with E-state index in [1.165, 1.54) is 12.3 Å². The van der Waals surface area contributed by atoms with Crippen molar-refractivity contribution in [2.45, 2.75) is 13.5 Å². The van der Waals surface area contributed by atoms with Crippen LogP contribution < -0.4 is 15.0 Å². The Balaban J connectivity index is 1.43. The van der Waals surface area contributed by atoms with E-state index in [1.54, 1.807) is 61.7 Å². The van der Waals surface area contributed by atoms with Crippen molar-refractivity contribution in [3.05, 3.63) is 127 Å². The van der Waals surface area contributed by atoms with E-state index >= 15 is 0 Å². The number of furan rings is 1. The molecule has 0 atom stereocenters. The average molecular weight is 639 g/mol. The molecule has 6 aromatic rings. The molecule has 0 fully saturated rings. The van der Waals surface area contributed by atoms with Gasteiger partial charge in [-0.2, -0.15) is 9.78 Å². The van der Waals surface area contributed by atoms with Gasteiger partial charge < -0.3 is 13.9 Å². The van der Waals surface area contributed by atoms with Gasteiger partial charge in [0.1, 0.15) is 17.9 Å². The molecule has 0 unspecified atom stereocenters. The monoisotopic (exact) mass is 638 g/mol. The lowest BCUT2D eigenvalue weighted by molar-refractivity contribution is -0.386. The second kappa shape index (κ2) is 11.5. The van der Waals surface area contributed by atoms with Crippen LogP contribution in [0.2, 0.25) is 0 Å². The van der Waals surface area contributed by atoms with Gasteiger partial charge in [0.05, 0.1) is 39.0 Å². The highest BCUT2D eigenvalue weighted by atomic mass is 79.9. The maximum Gasteiger partial charge on any atom is 0.312 e. The molecule has 6 rings (SSSR count). The molecule has 0 amide bonds. The first-order valence-electron chi connectivity index (χ1n) is 13.1. The number of hydrogen-bond donors (Lipinski definition) is 0. The second-order valence-electron chi connectivity index (χ2n) is 9.68. The van der Waals surface area contributed by atoms with Gasteiger partial charge in [-0.15, -0.1) is 0 Å². The Morgan fingerprint density at radius 1 is 1.05 bits per heavy atom. The number of nitro benzene ring substituents is 1. The highest BCUT2D eigenvalue weighted by Crippen LogP contribution is 2.37. The van der Waals surface area contributed by atoms with Crippen molar-refractivity contribution in [1.29, 1.82) is 0 Å². The number of rotatable bonds is 8. The molecule has 0 radical (unpaired) electrons. The summed E-state index contributed by atoms with van der Waals surface area (Å²) < 4.78 is 18.9. The third-order valence-corrected chi connectivity index (χ3v) is 7.34. The minimum atomic E-state index is -0.523. The van der Waals surface area contributed by atoms with E-state index in [2.05, 4.69) is 26.0 Å². The molecule has 214 valence electrons. The molecule has 0 saturated heterocycles. The molecule has 0 saturated carbocycles. The standard InChI is InChI=1S/C32H23BrN4O6/c1-19-7-5-8-20(13-19)18-42-30-24(33)14-21(15-26(30)37(39)40)17-34-36-31(35-25-10-4-3-9-22(25)32(36)38)29-16-23-27(41-2)11-6-12-28(23)43-29/h3-17H,18H2,1-2H3. The molecule has 4 aromatic carbocycles. The van der Waals surface area contributed by atoms with E-state index in [0.717, 1.165) is 15.8 Å². The van der Waals surface area contributed by atoms with Crippen molar-refractivity contribution in [2.24, 2.45) is 5.10 Å². The largest absolute Gasteiger partial charge is 0.496 e. The number of aryl methyl sites for hydroxylation is 1. The fraction of sp³-hybridized carbons (Fsp3) is 0.0938. The number of nitrogens with zero attached hydrogens (tertiary/aromatic N) is 4. The summed E-state index contributed by atoms with van der Waals surface area (Å²) in [6.45, 7) is 2.11. The van der Waals surface area contributed by atoms with Crippen LogP contribution in [-0.4, -0.2) is 27.9 Å². The van der Waals surface area contributed by atoms with Gasteiger partial charge in [0, 0.05) is 11.6 Å². The fourth-order valence-electron chi connectivity index (χ4n) is 4.75. The minimum Gasteiger partial charge on any atom is -0.496 e. The van der Waals surface area contributed by atoms with Crippen LogP contribution in [0.4, 0.5) is 5.69 Å². The summed E-state index contributed by atoms with van der Waals surface area (Å²) in [6.07, 6.45) is 1.35. The number of ether oxygens (including phenoxy) is 2. The second-order valence-corrected chi connectivity index (χ2v) is 10.5. The zero-order valence-corrected chi connectivity index (χ0v) is 24.6. The quantitative estimate of drug-likeness (QED) is 0.0976. The summed E-state index contributed by atoms with van der Waals surface area (Å²) in [5, 5.41) is 17.5. The number of benzene rings is 4. The van der Waals surface area contributed by atoms with Crippen molar-refractivity contribution < 1.29 is 18.8 Å². The Bertz CT molecular complexity index is 2120. The molecule has 0 bridgehead atoms. The number of fused-ring (bicyclic) bond motifs is 2. The van der Waals surface area contributed by atoms with Crippen molar-refractivity contribution in [1.82, 2.24) is 9.66 Å². The van der Waals surface area contributed by atoms with Crippen LogP contribution in [0.3, 0.4) is 0 Å². The van der Waals surface area contributed by atoms with Crippen molar-refractivity contribution in [3.63, 3.8) is 0 Å². The topological polar surface area (TPSA) is 122 Å². The number of halogens is 1. The minimum absolute atomic E-state index is 0.0881. The Labute approximate surface area is 253 Å². The number of methoxy groups -OCH3 is 1. The summed E-state index contributed by atoms with van der Waals surface area (Å²) in [5.74, 6) is 1.15. The van der Waals surface area contributed by atoms with Crippen LogP contribution in [-0.2, 0) is 6.61 Å². The molecule has 2 aromatic heterocycles. The van der Waals surface area contributed by atoms with E-state index in [-0.39, 0.29) is 23.9 Å². The molecule has 0 aliphatic rings. The summed E-state index contributed by atoms with van der Waals surface area (Å²) >= 11 is 3.41. The van der Waals surface area contributed by atoms with Crippen LogP contribution >= 0.6 is 15.9 Å². The maximum absolute atomic E-state index is 13.6. The van der Waals surface area contributed by atoms with Crippen LogP contribution in [0.15, 0.2) is 104 Å². The van der Waals surface area contributed by atoms with Gasteiger partial charge >= 0.3 is 5.69 Å². The van der Waals surface area contributed by atoms with Crippen LogP contribution in [0.25, 0.3) is 33.5 Å². The maximum atomic E-state index is 13.6. The molecule has 0 aliphatic heterocycles.